The molecule has 6 aromatic carbocycles. The second-order valence-electron chi connectivity index (χ2n) is 12.7. The minimum atomic E-state index is -4.85. The minimum Gasteiger partial charge on any atom is -0.490 e. The molecule has 20 heteroatoms. The van der Waals surface area contributed by atoms with Crippen LogP contribution in [-0.4, -0.2) is 65.4 Å². The van der Waals surface area contributed by atoms with Gasteiger partial charge in [-0.25, -0.2) is 30.8 Å². The topological polar surface area (TPSA) is 204 Å². The molecule has 330 valence electrons. The molecule has 63 heavy (non-hydrogen) atoms. The van der Waals surface area contributed by atoms with Crippen molar-refractivity contribution in [2.75, 3.05) is 35.9 Å². The number of carbonyl (C=O) groups is 2. The van der Waals surface area contributed by atoms with Crippen molar-refractivity contribution in [3.05, 3.63) is 168 Å². The smallest absolute Gasteiger partial charge is 0.417 e. The molecule has 0 aliphatic heterocycles. The number of benzene rings is 6. The quantitative estimate of drug-likeness (QED) is 0.0474. The standard InChI is InChI=1S/C22H18F3NO6S.C21H18FNO6S/c23-22(24,25)17-5-1-4-8-20(17)33(29,30)26-18-6-2-3-7-19(18)32-14-13-31-16-11-9-15(10-12-16)21(27)28;22-16-7-11-18(12-8-16)30(26,27)23-19-3-1-2-4-20(19)29-14-13-28-17-9-5-15(6-10-17)21(24)25/h1-12,26H,13-14H2,(H,27,28);1-12,23H,13-14H2,(H,24,25). The highest BCUT2D eigenvalue weighted by Gasteiger charge is 2.37. The third-order valence-electron chi connectivity index (χ3n) is 8.29. The third kappa shape index (κ3) is 13.6. The fraction of sp³-hybridized carbons (Fsp3) is 0.116. The van der Waals surface area contributed by atoms with Crippen molar-refractivity contribution in [1.82, 2.24) is 0 Å². The van der Waals surface area contributed by atoms with Crippen LogP contribution in [0.1, 0.15) is 26.3 Å². The van der Waals surface area contributed by atoms with E-state index in [1.165, 1.54) is 84.9 Å². The summed E-state index contributed by atoms with van der Waals surface area (Å²) in [6, 6.07) is 32.3. The Morgan fingerprint density at radius 3 is 1.35 bits per heavy atom. The van der Waals surface area contributed by atoms with E-state index in [0.29, 0.717) is 23.3 Å². The Labute approximate surface area is 358 Å². The molecular formula is C43H36F4N2O12S2. The highest BCUT2D eigenvalue weighted by molar-refractivity contribution is 7.93. The first kappa shape index (κ1) is 46.7. The fourth-order valence-corrected chi connectivity index (χ4v) is 7.69. The maximum Gasteiger partial charge on any atom is 0.417 e. The summed E-state index contributed by atoms with van der Waals surface area (Å²) in [7, 11) is -8.48. The van der Waals surface area contributed by atoms with Crippen LogP contribution in [0.5, 0.6) is 23.0 Å². The molecule has 0 atom stereocenters. The van der Waals surface area contributed by atoms with Gasteiger partial charge in [0.1, 0.15) is 55.2 Å². The van der Waals surface area contributed by atoms with Crippen molar-refractivity contribution in [3.63, 3.8) is 0 Å². The lowest BCUT2D eigenvalue weighted by Gasteiger charge is -2.16. The van der Waals surface area contributed by atoms with Crippen LogP contribution in [0, 0.1) is 5.82 Å². The Bertz CT molecular complexity index is 2720. The Kier molecular flexibility index (Phi) is 15.6. The number of hydrogen-bond donors (Lipinski definition) is 4. The predicted molar refractivity (Wildman–Crippen MR) is 221 cm³/mol. The molecule has 6 rings (SSSR count). The number of para-hydroxylation sites is 4. The Morgan fingerprint density at radius 2 is 0.905 bits per heavy atom. The molecule has 0 aliphatic carbocycles. The summed E-state index contributed by atoms with van der Waals surface area (Å²) >= 11 is 0. The van der Waals surface area contributed by atoms with Gasteiger partial charge in [-0.05, 0) is 109 Å². The molecule has 0 aliphatic rings. The Morgan fingerprint density at radius 1 is 0.508 bits per heavy atom. The Balaban J connectivity index is 0.000000239. The molecule has 0 spiro atoms. The van der Waals surface area contributed by atoms with E-state index in [-0.39, 0.29) is 59.6 Å². The number of halogens is 4. The Hall–Kier alpha value is -7.32. The molecule has 4 N–H and O–H groups in total. The van der Waals surface area contributed by atoms with E-state index < -0.39 is 54.4 Å². The number of aromatic carboxylic acids is 2. The lowest BCUT2D eigenvalue weighted by atomic mass is 10.2. The van der Waals surface area contributed by atoms with Crippen LogP contribution >= 0.6 is 0 Å². The summed E-state index contributed by atoms with van der Waals surface area (Å²) in [5, 5.41) is 17.8. The van der Waals surface area contributed by atoms with Crippen molar-refractivity contribution in [1.29, 1.82) is 0 Å². The van der Waals surface area contributed by atoms with Gasteiger partial charge >= 0.3 is 18.1 Å². The van der Waals surface area contributed by atoms with Crippen molar-refractivity contribution >= 4 is 43.4 Å². The normalized spacial score (nSPS) is 11.3. The SMILES string of the molecule is O=C(O)c1ccc(OCCOc2ccccc2NS(=O)(=O)c2ccc(F)cc2)cc1.O=C(O)c1ccc(OCCOc2ccccc2NS(=O)(=O)c2ccccc2C(F)(F)F)cc1. The van der Waals surface area contributed by atoms with Crippen molar-refractivity contribution < 1.29 is 73.1 Å². The van der Waals surface area contributed by atoms with Gasteiger partial charge in [0.15, 0.2) is 0 Å². The van der Waals surface area contributed by atoms with Gasteiger partial charge in [-0.2, -0.15) is 13.2 Å². The number of nitrogens with one attached hydrogen (secondary N) is 2. The minimum absolute atomic E-state index is 0.0153. The zero-order chi connectivity index (χ0) is 45.6. The predicted octanol–water partition coefficient (Wildman–Crippen LogP) is 8.44. The zero-order valence-electron chi connectivity index (χ0n) is 32.5. The summed E-state index contributed by atoms with van der Waals surface area (Å²) in [6.07, 6.45) is -4.85. The van der Waals surface area contributed by atoms with Crippen LogP contribution in [0.3, 0.4) is 0 Å². The highest BCUT2D eigenvalue weighted by Crippen LogP contribution is 2.36. The maximum absolute atomic E-state index is 13.2. The van der Waals surface area contributed by atoms with Gasteiger partial charge in [0.25, 0.3) is 20.0 Å². The average Bonchev–Trinajstić information content (AvgIpc) is 3.25. The maximum atomic E-state index is 13.2. The largest absolute Gasteiger partial charge is 0.490 e. The highest BCUT2D eigenvalue weighted by atomic mass is 32.2. The molecule has 0 radical (unpaired) electrons. The molecule has 0 heterocycles. The van der Waals surface area contributed by atoms with Gasteiger partial charge in [-0.3, -0.25) is 9.44 Å². The van der Waals surface area contributed by atoms with E-state index >= 15 is 0 Å². The van der Waals surface area contributed by atoms with Crippen LogP contribution in [-0.2, 0) is 26.2 Å². The van der Waals surface area contributed by atoms with Crippen LogP contribution in [0.2, 0.25) is 0 Å². The van der Waals surface area contributed by atoms with Crippen molar-refractivity contribution in [3.8, 4) is 23.0 Å². The molecule has 0 saturated carbocycles. The number of carboxylic acid groups (broad SMARTS) is 2. The zero-order valence-corrected chi connectivity index (χ0v) is 34.1. The van der Waals surface area contributed by atoms with E-state index in [1.807, 2.05) is 0 Å². The first-order valence-electron chi connectivity index (χ1n) is 18.3. The molecular weight excluding hydrogens is 877 g/mol. The van der Waals surface area contributed by atoms with E-state index in [1.54, 1.807) is 30.3 Å². The van der Waals surface area contributed by atoms with Gasteiger partial charge in [0.2, 0.25) is 0 Å². The van der Waals surface area contributed by atoms with Crippen LogP contribution in [0.25, 0.3) is 0 Å². The van der Waals surface area contributed by atoms with Crippen molar-refractivity contribution in [2.45, 2.75) is 16.0 Å². The first-order chi connectivity index (χ1) is 29.9. The van der Waals surface area contributed by atoms with Crippen molar-refractivity contribution in [2.24, 2.45) is 0 Å². The summed E-state index contributed by atoms with van der Waals surface area (Å²) in [5.41, 5.74) is -0.834. The monoisotopic (exact) mass is 912 g/mol. The number of hydrogen-bond acceptors (Lipinski definition) is 10. The van der Waals surface area contributed by atoms with Gasteiger partial charge in [-0.15, -0.1) is 0 Å². The van der Waals surface area contributed by atoms with E-state index in [9.17, 15) is 44.0 Å². The summed E-state index contributed by atoms with van der Waals surface area (Å²) in [5.74, 6) is -1.35. The molecule has 14 nitrogen and oxygen atoms in total. The summed E-state index contributed by atoms with van der Waals surface area (Å²) < 4.78 is 130. The molecule has 0 bridgehead atoms. The molecule has 6 aromatic rings. The second-order valence-corrected chi connectivity index (χ2v) is 16.0. The van der Waals surface area contributed by atoms with Crippen LogP contribution in [0.15, 0.2) is 155 Å². The number of alkyl halides is 3. The van der Waals surface area contributed by atoms with Gasteiger partial charge in [0, 0.05) is 0 Å². The number of carboxylic acids is 2. The number of sulfonamides is 2. The van der Waals surface area contributed by atoms with Gasteiger partial charge in [0.05, 0.1) is 37.9 Å². The molecule has 0 unspecified atom stereocenters. The summed E-state index contributed by atoms with van der Waals surface area (Å²) in [6.45, 7) is 0.310. The van der Waals surface area contributed by atoms with Crippen LogP contribution in [0.4, 0.5) is 28.9 Å². The first-order valence-corrected chi connectivity index (χ1v) is 21.2. The molecule has 0 saturated heterocycles. The lowest BCUT2D eigenvalue weighted by molar-refractivity contribution is -0.139. The van der Waals surface area contributed by atoms with Gasteiger partial charge in [-0.1, -0.05) is 36.4 Å². The van der Waals surface area contributed by atoms with Gasteiger partial charge < -0.3 is 29.2 Å². The van der Waals surface area contributed by atoms with E-state index in [4.69, 9.17) is 29.2 Å². The van der Waals surface area contributed by atoms with Crippen LogP contribution < -0.4 is 28.4 Å². The second kappa shape index (κ2) is 21.0. The average molecular weight is 913 g/mol. The van der Waals surface area contributed by atoms with E-state index in [0.717, 1.165) is 24.3 Å². The fourth-order valence-electron chi connectivity index (χ4n) is 5.32. The molecule has 0 aromatic heterocycles. The van der Waals surface area contributed by atoms with E-state index in [2.05, 4.69) is 9.44 Å². The lowest BCUT2D eigenvalue weighted by Crippen LogP contribution is -2.19. The molecule has 0 fully saturated rings. The number of ether oxygens (including phenoxy) is 4. The number of rotatable bonds is 18. The molecule has 0 amide bonds. The number of anilines is 2. The summed E-state index contributed by atoms with van der Waals surface area (Å²) in [4.78, 5) is 20.7. The third-order valence-corrected chi connectivity index (χ3v) is 11.1.